The normalized spacial score (nSPS) is 18.7. The molecule has 1 aromatic carbocycles. The molecule has 1 heterocycles. The third-order valence-corrected chi connectivity index (χ3v) is 3.95. The molecular formula is C16H18F3NO3. The van der Waals surface area contributed by atoms with E-state index in [-0.39, 0.29) is 12.3 Å². The lowest BCUT2D eigenvalue weighted by Gasteiger charge is -2.33. The average molecular weight is 329 g/mol. The Balaban J connectivity index is 2.06. The van der Waals surface area contributed by atoms with E-state index in [4.69, 9.17) is 0 Å². The van der Waals surface area contributed by atoms with Gasteiger partial charge < -0.3 is 10.0 Å². The first-order valence-corrected chi connectivity index (χ1v) is 7.47. The summed E-state index contributed by atoms with van der Waals surface area (Å²) in [6.45, 7) is 0.381. The van der Waals surface area contributed by atoms with Gasteiger partial charge in [0, 0.05) is 18.5 Å². The Morgan fingerprint density at radius 1 is 1.17 bits per heavy atom. The Labute approximate surface area is 131 Å². The van der Waals surface area contributed by atoms with E-state index in [0.29, 0.717) is 24.1 Å². The van der Waals surface area contributed by atoms with Crippen LogP contribution in [-0.4, -0.2) is 40.6 Å². The molecular weight excluding hydrogens is 311 g/mol. The molecule has 4 nitrogen and oxygen atoms in total. The summed E-state index contributed by atoms with van der Waals surface area (Å²) >= 11 is 0. The summed E-state index contributed by atoms with van der Waals surface area (Å²) < 4.78 is 36.6. The van der Waals surface area contributed by atoms with Crippen molar-refractivity contribution < 1.29 is 27.9 Å². The third kappa shape index (κ3) is 4.71. The van der Waals surface area contributed by atoms with Gasteiger partial charge in [-0.2, -0.15) is 13.2 Å². The standard InChI is InChI=1S/C16H18F3NO3/c17-16(18,19)9-8-11-4-6-12(7-5-11)14(21)20-10-2-1-3-13(20)15(22)23/h4-7,13H,1-3,8-10H2,(H,22,23). The molecule has 1 aliphatic heterocycles. The van der Waals surface area contributed by atoms with E-state index in [1.165, 1.54) is 29.2 Å². The Hall–Kier alpha value is -2.05. The summed E-state index contributed by atoms with van der Waals surface area (Å²) in [4.78, 5) is 25.0. The fourth-order valence-corrected chi connectivity index (χ4v) is 2.70. The smallest absolute Gasteiger partial charge is 0.389 e. The number of likely N-dealkylation sites (tertiary alicyclic amines) is 1. The van der Waals surface area contributed by atoms with Crippen LogP contribution in [0.25, 0.3) is 0 Å². The first-order chi connectivity index (χ1) is 10.8. The van der Waals surface area contributed by atoms with Crippen LogP contribution >= 0.6 is 0 Å². The van der Waals surface area contributed by atoms with E-state index in [1.807, 2.05) is 0 Å². The number of benzene rings is 1. The number of carbonyl (C=O) groups is 2. The van der Waals surface area contributed by atoms with Gasteiger partial charge in [0.15, 0.2) is 0 Å². The molecule has 1 fully saturated rings. The molecule has 1 saturated heterocycles. The summed E-state index contributed by atoms with van der Waals surface area (Å²) in [6.07, 6.45) is -3.33. The molecule has 23 heavy (non-hydrogen) atoms. The number of hydrogen-bond donors (Lipinski definition) is 1. The lowest BCUT2D eigenvalue weighted by atomic mass is 10.00. The largest absolute Gasteiger partial charge is 0.480 e. The van der Waals surface area contributed by atoms with Gasteiger partial charge in [0.05, 0.1) is 0 Å². The molecule has 0 spiro atoms. The molecule has 7 heteroatoms. The molecule has 1 atom stereocenters. The summed E-state index contributed by atoms with van der Waals surface area (Å²) in [6, 6.07) is 5.06. The molecule has 0 aliphatic carbocycles. The monoisotopic (exact) mass is 329 g/mol. The van der Waals surface area contributed by atoms with E-state index >= 15 is 0 Å². The predicted molar refractivity (Wildman–Crippen MR) is 77.1 cm³/mol. The van der Waals surface area contributed by atoms with Gasteiger partial charge in [-0.05, 0) is 43.4 Å². The first-order valence-electron chi connectivity index (χ1n) is 7.47. The van der Waals surface area contributed by atoms with Gasteiger partial charge in [-0.3, -0.25) is 4.79 Å². The van der Waals surface area contributed by atoms with Gasteiger partial charge in [-0.1, -0.05) is 12.1 Å². The molecule has 0 aromatic heterocycles. The van der Waals surface area contributed by atoms with E-state index in [1.54, 1.807) is 0 Å². The molecule has 0 saturated carbocycles. The first kappa shape index (κ1) is 17.3. The SMILES string of the molecule is O=C(O)C1CCCCN1C(=O)c1ccc(CCC(F)(F)F)cc1. The minimum Gasteiger partial charge on any atom is -0.480 e. The van der Waals surface area contributed by atoms with Crippen molar-refractivity contribution in [3.63, 3.8) is 0 Å². The molecule has 1 aliphatic rings. The van der Waals surface area contributed by atoms with Crippen molar-refractivity contribution in [2.24, 2.45) is 0 Å². The van der Waals surface area contributed by atoms with Crippen LogP contribution in [0.4, 0.5) is 13.2 Å². The van der Waals surface area contributed by atoms with Crippen molar-refractivity contribution in [1.29, 1.82) is 0 Å². The zero-order valence-electron chi connectivity index (χ0n) is 12.5. The van der Waals surface area contributed by atoms with Crippen molar-refractivity contribution in [2.45, 2.75) is 44.3 Å². The number of amides is 1. The molecule has 1 amide bonds. The Morgan fingerprint density at radius 3 is 2.39 bits per heavy atom. The van der Waals surface area contributed by atoms with Gasteiger partial charge in [-0.15, -0.1) is 0 Å². The number of rotatable bonds is 4. The molecule has 1 aromatic rings. The number of hydrogen-bond acceptors (Lipinski definition) is 2. The van der Waals surface area contributed by atoms with Crippen LogP contribution in [-0.2, 0) is 11.2 Å². The zero-order chi connectivity index (χ0) is 17.0. The van der Waals surface area contributed by atoms with Crippen molar-refractivity contribution in [2.75, 3.05) is 6.54 Å². The summed E-state index contributed by atoms with van der Waals surface area (Å²) in [5, 5.41) is 9.19. The number of alkyl halides is 3. The van der Waals surface area contributed by atoms with Gasteiger partial charge in [0.2, 0.25) is 0 Å². The predicted octanol–water partition coefficient (Wildman–Crippen LogP) is 3.26. The van der Waals surface area contributed by atoms with Gasteiger partial charge in [0.1, 0.15) is 6.04 Å². The quantitative estimate of drug-likeness (QED) is 0.922. The molecule has 2 rings (SSSR count). The maximum atomic E-state index is 12.4. The highest BCUT2D eigenvalue weighted by atomic mass is 19.4. The van der Waals surface area contributed by atoms with E-state index in [9.17, 15) is 27.9 Å². The second-order valence-electron chi connectivity index (χ2n) is 5.66. The van der Waals surface area contributed by atoms with Crippen molar-refractivity contribution >= 4 is 11.9 Å². The Kier molecular flexibility index (Phi) is 5.28. The number of halogens is 3. The molecule has 0 radical (unpaired) electrons. The number of carboxylic acids is 1. The van der Waals surface area contributed by atoms with E-state index < -0.39 is 24.6 Å². The van der Waals surface area contributed by atoms with Crippen molar-refractivity contribution in [3.8, 4) is 0 Å². The third-order valence-electron chi connectivity index (χ3n) is 3.95. The molecule has 1 unspecified atom stereocenters. The topological polar surface area (TPSA) is 57.6 Å². The van der Waals surface area contributed by atoms with Gasteiger partial charge >= 0.3 is 12.1 Å². The Morgan fingerprint density at radius 2 is 1.83 bits per heavy atom. The molecule has 126 valence electrons. The number of nitrogens with zero attached hydrogens (tertiary/aromatic N) is 1. The lowest BCUT2D eigenvalue weighted by Crippen LogP contribution is -2.47. The fourth-order valence-electron chi connectivity index (χ4n) is 2.70. The second kappa shape index (κ2) is 7.02. The van der Waals surface area contributed by atoms with E-state index in [2.05, 4.69) is 0 Å². The van der Waals surface area contributed by atoms with Crippen LogP contribution in [0.2, 0.25) is 0 Å². The fraction of sp³-hybridized carbons (Fsp3) is 0.500. The maximum absolute atomic E-state index is 12.4. The summed E-state index contributed by atoms with van der Waals surface area (Å²) in [7, 11) is 0. The van der Waals surface area contributed by atoms with Crippen LogP contribution in [0.3, 0.4) is 0 Å². The molecule has 0 bridgehead atoms. The highest BCUT2D eigenvalue weighted by Crippen LogP contribution is 2.23. The van der Waals surface area contributed by atoms with Crippen molar-refractivity contribution in [1.82, 2.24) is 4.90 Å². The number of aryl methyl sites for hydroxylation is 1. The summed E-state index contributed by atoms with van der Waals surface area (Å²) in [5.74, 6) is -1.42. The number of aliphatic carboxylic acids is 1. The van der Waals surface area contributed by atoms with E-state index in [0.717, 1.165) is 12.8 Å². The lowest BCUT2D eigenvalue weighted by molar-refractivity contribution is -0.143. The summed E-state index contributed by atoms with van der Waals surface area (Å²) in [5.41, 5.74) is 0.793. The minimum atomic E-state index is -4.21. The number of carbonyl (C=O) groups excluding carboxylic acids is 1. The van der Waals surface area contributed by atoms with Crippen molar-refractivity contribution in [3.05, 3.63) is 35.4 Å². The Bertz CT molecular complexity index is 569. The number of carboxylic acid groups (broad SMARTS) is 1. The van der Waals surface area contributed by atoms with Crippen LogP contribution < -0.4 is 0 Å². The highest BCUT2D eigenvalue weighted by Gasteiger charge is 2.32. The van der Waals surface area contributed by atoms with Crippen LogP contribution in [0.15, 0.2) is 24.3 Å². The van der Waals surface area contributed by atoms with Gasteiger partial charge in [-0.25, -0.2) is 4.79 Å². The molecule has 1 N–H and O–H groups in total. The zero-order valence-corrected chi connectivity index (χ0v) is 12.5. The minimum absolute atomic E-state index is 0.139. The number of piperidine rings is 1. The highest BCUT2D eigenvalue weighted by molar-refractivity contribution is 5.96. The average Bonchev–Trinajstić information content (AvgIpc) is 2.52. The van der Waals surface area contributed by atoms with Gasteiger partial charge in [0.25, 0.3) is 5.91 Å². The van der Waals surface area contributed by atoms with Crippen LogP contribution in [0.1, 0.15) is 41.6 Å². The van der Waals surface area contributed by atoms with Crippen LogP contribution in [0.5, 0.6) is 0 Å². The maximum Gasteiger partial charge on any atom is 0.389 e. The second-order valence-corrected chi connectivity index (χ2v) is 5.66. The van der Waals surface area contributed by atoms with Crippen LogP contribution in [0, 0.1) is 0 Å².